The first-order valence-corrected chi connectivity index (χ1v) is 7.09. The molecule has 0 saturated carbocycles. The van der Waals surface area contributed by atoms with E-state index < -0.39 is 17.4 Å². The summed E-state index contributed by atoms with van der Waals surface area (Å²) in [7, 11) is 0. The van der Waals surface area contributed by atoms with Crippen molar-refractivity contribution in [3.8, 4) is 0 Å². The summed E-state index contributed by atoms with van der Waals surface area (Å²) in [6.45, 7) is 4.26. The average molecular weight is 304 g/mol. The molecule has 1 aliphatic rings. The van der Waals surface area contributed by atoms with Crippen molar-refractivity contribution in [2.24, 2.45) is 0 Å². The Balaban J connectivity index is 1.89. The van der Waals surface area contributed by atoms with Gasteiger partial charge in [-0.15, -0.1) is 0 Å². The Kier molecular flexibility index (Phi) is 3.70. The normalized spacial score (nSPS) is 17.6. The number of benzene rings is 1. The number of esters is 1. The number of halogens is 1. The second kappa shape index (κ2) is 5.53. The van der Waals surface area contributed by atoms with Gasteiger partial charge in [-0.05, 0) is 19.4 Å². The molecule has 0 unspecified atom stereocenters. The molecule has 0 bridgehead atoms. The zero-order chi connectivity index (χ0) is 15.7. The average Bonchev–Trinajstić information content (AvgIpc) is 2.87. The van der Waals surface area contributed by atoms with Crippen LogP contribution in [0.15, 0.2) is 36.5 Å². The molecule has 116 valence electrons. The van der Waals surface area contributed by atoms with Crippen LogP contribution in [0.1, 0.15) is 35.9 Å². The number of carbonyl (C=O) groups is 1. The van der Waals surface area contributed by atoms with Crippen molar-refractivity contribution in [3.05, 3.63) is 53.6 Å². The van der Waals surface area contributed by atoms with E-state index in [4.69, 9.17) is 9.47 Å². The third-order valence-corrected chi connectivity index (χ3v) is 3.75. The third-order valence-electron chi connectivity index (χ3n) is 3.75. The Morgan fingerprint density at radius 2 is 2.09 bits per heavy atom. The van der Waals surface area contributed by atoms with E-state index in [0.717, 1.165) is 11.8 Å². The molecule has 6 heteroatoms. The maximum absolute atomic E-state index is 14.0. The van der Waals surface area contributed by atoms with Gasteiger partial charge in [0, 0.05) is 0 Å². The highest BCUT2D eigenvalue weighted by atomic mass is 19.1. The first-order valence-electron chi connectivity index (χ1n) is 7.09. The van der Waals surface area contributed by atoms with Gasteiger partial charge in [-0.2, -0.15) is 5.10 Å². The van der Waals surface area contributed by atoms with Gasteiger partial charge in [0.1, 0.15) is 0 Å². The predicted octanol–water partition coefficient (Wildman–Crippen LogP) is 2.58. The van der Waals surface area contributed by atoms with Crippen LogP contribution in [0.5, 0.6) is 0 Å². The number of rotatable bonds is 4. The minimum atomic E-state index is -0.719. The van der Waals surface area contributed by atoms with E-state index in [0.29, 0.717) is 13.2 Å². The standard InChI is InChI=1S/C16H17FN2O3/c1-11(12-6-4-3-5-7-12)19-14(13(17)8-18-19)15(20)22-16(2)9-21-10-16/h3-8,11H,9-10H2,1-2H3/t11-/m1/s1. The van der Waals surface area contributed by atoms with Crippen molar-refractivity contribution in [1.29, 1.82) is 0 Å². The Hall–Kier alpha value is -2.21. The van der Waals surface area contributed by atoms with Crippen LogP contribution in [0.4, 0.5) is 4.39 Å². The molecular weight excluding hydrogens is 287 g/mol. The number of carbonyl (C=O) groups excluding carboxylic acids is 1. The summed E-state index contributed by atoms with van der Waals surface area (Å²) in [5.74, 6) is -1.40. The monoisotopic (exact) mass is 304 g/mol. The van der Waals surface area contributed by atoms with Crippen LogP contribution in [0.2, 0.25) is 0 Å². The summed E-state index contributed by atoms with van der Waals surface area (Å²) in [6.07, 6.45) is 1.04. The number of nitrogens with zero attached hydrogens (tertiary/aromatic N) is 2. The van der Waals surface area contributed by atoms with Gasteiger partial charge in [-0.25, -0.2) is 13.9 Å². The fourth-order valence-corrected chi connectivity index (χ4v) is 2.42. The van der Waals surface area contributed by atoms with Crippen LogP contribution in [-0.2, 0) is 9.47 Å². The number of aromatic nitrogens is 2. The zero-order valence-electron chi connectivity index (χ0n) is 12.5. The smallest absolute Gasteiger partial charge is 0.360 e. The highest BCUT2D eigenvalue weighted by molar-refractivity contribution is 5.88. The van der Waals surface area contributed by atoms with Crippen LogP contribution in [-0.4, -0.2) is 34.6 Å². The molecule has 1 aromatic heterocycles. The molecule has 2 aromatic rings. The van der Waals surface area contributed by atoms with Crippen molar-refractivity contribution in [1.82, 2.24) is 9.78 Å². The molecule has 1 fully saturated rings. The van der Waals surface area contributed by atoms with Gasteiger partial charge in [0.2, 0.25) is 0 Å². The van der Waals surface area contributed by atoms with Gasteiger partial charge in [-0.1, -0.05) is 30.3 Å². The van der Waals surface area contributed by atoms with Gasteiger partial charge < -0.3 is 9.47 Å². The summed E-state index contributed by atoms with van der Waals surface area (Å²) in [5, 5.41) is 4.00. The van der Waals surface area contributed by atoms with Gasteiger partial charge in [0.15, 0.2) is 17.1 Å². The molecule has 1 aliphatic heterocycles. The molecule has 0 spiro atoms. The molecule has 2 heterocycles. The molecule has 0 amide bonds. The van der Waals surface area contributed by atoms with Crippen molar-refractivity contribution in [2.75, 3.05) is 13.2 Å². The maximum atomic E-state index is 14.0. The second-order valence-corrected chi connectivity index (χ2v) is 5.70. The Morgan fingerprint density at radius 1 is 1.41 bits per heavy atom. The van der Waals surface area contributed by atoms with E-state index in [-0.39, 0.29) is 11.7 Å². The lowest BCUT2D eigenvalue weighted by Crippen LogP contribution is -2.50. The number of hydrogen-bond acceptors (Lipinski definition) is 4. The van der Waals surface area contributed by atoms with Crippen LogP contribution in [0.25, 0.3) is 0 Å². The van der Waals surface area contributed by atoms with Crippen molar-refractivity contribution in [3.63, 3.8) is 0 Å². The summed E-state index contributed by atoms with van der Waals surface area (Å²) in [5.41, 5.74) is 0.0801. The Labute approximate surface area is 127 Å². The highest BCUT2D eigenvalue weighted by Gasteiger charge is 2.39. The Bertz CT molecular complexity index is 680. The van der Waals surface area contributed by atoms with E-state index in [2.05, 4.69) is 5.10 Å². The maximum Gasteiger partial charge on any atom is 0.360 e. The summed E-state index contributed by atoms with van der Waals surface area (Å²) < 4.78 is 25.8. The van der Waals surface area contributed by atoms with Crippen LogP contribution in [0, 0.1) is 5.82 Å². The SMILES string of the molecule is C[C@H](c1ccccc1)n1ncc(F)c1C(=O)OC1(C)COC1. The quantitative estimate of drug-likeness (QED) is 0.815. The molecule has 0 aliphatic carbocycles. The van der Waals surface area contributed by atoms with Gasteiger partial charge in [0.05, 0.1) is 25.5 Å². The summed E-state index contributed by atoms with van der Waals surface area (Å²) in [6, 6.07) is 9.19. The van der Waals surface area contributed by atoms with Crippen molar-refractivity contribution in [2.45, 2.75) is 25.5 Å². The van der Waals surface area contributed by atoms with E-state index in [1.165, 1.54) is 4.68 Å². The van der Waals surface area contributed by atoms with E-state index in [1.807, 2.05) is 37.3 Å². The molecule has 3 rings (SSSR count). The second-order valence-electron chi connectivity index (χ2n) is 5.70. The third kappa shape index (κ3) is 2.62. The molecule has 1 atom stereocenters. The topological polar surface area (TPSA) is 53.4 Å². The largest absolute Gasteiger partial charge is 0.450 e. The molecular formula is C16H17FN2O3. The van der Waals surface area contributed by atoms with Crippen molar-refractivity contribution >= 4 is 5.97 Å². The first kappa shape index (κ1) is 14.7. The molecule has 1 aromatic carbocycles. The molecule has 0 N–H and O–H groups in total. The predicted molar refractivity (Wildman–Crippen MR) is 77.1 cm³/mol. The highest BCUT2D eigenvalue weighted by Crippen LogP contribution is 2.25. The zero-order valence-corrected chi connectivity index (χ0v) is 12.5. The first-order chi connectivity index (χ1) is 10.5. The molecule has 0 radical (unpaired) electrons. The van der Waals surface area contributed by atoms with Gasteiger partial charge in [-0.3, -0.25) is 0 Å². The summed E-state index contributed by atoms with van der Waals surface area (Å²) in [4.78, 5) is 12.3. The minimum Gasteiger partial charge on any atom is -0.450 e. The number of ether oxygens (including phenoxy) is 2. The lowest BCUT2D eigenvalue weighted by Gasteiger charge is -2.37. The molecule has 1 saturated heterocycles. The van der Waals surface area contributed by atoms with Gasteiger partial charge in [0.25, 0.3) is 0 Å². The van der Waals surface area contributed by atoms with Crippen LogP contribution < -0.4 is 0 Å². The van der Waals surface area contributed by atoms with E-state index >= 15 is 0 Å². The van der Waals surface area contributed by atoms with E-state index in [9.17, 15) is 9.18 Å². The Morgan fingerprint density at radius 3 is 2.68 bits per heavy atom. The molecule has 22 heavy (non-hydrogen) atoms. The lowest BCUT2D eigenvalue weighted by molar-refractivity contribution is -0.169. The van der Waals surface area contributed by atoms with Crippen LogP contribution in [0.3, 0.4) is 0 Å². The fourth-order valence-electron chi connectivity index (χ4n) is 2.42. The van der Waals surface area contributed by atoms with Gasteiger partial charge >= 0.3 is 5.97 Å². The molecule has 5 nitrogen and oxygen atoms in total. The minimum absolute atomic E-state index is 0.163. The van der Waals surface area contributed by atoms with E-state index in [1.54, 1.807) is 6.92 Å². The fraction of sp³-hybridized carbons (Fsp3) is 0.375. The van der Waals surface area contributed by atoms with Crippen LogP contribution >= 0.6 is 0 Å². The lowest BCUT2D eigenvalue weighted by atomic mass is 10.1. The summed E-state index contributed by atoms with van der Waals surface area (Å²) >= 11 is 0. The van der Waals surface area contributed by atoms with Crippen molar-refractivity contribution < 1.29 is 18.7 Å². The number of hydrogen-bond donors (Lipinski definition) is 0.